The zero-order valence-corrected chi connectivity index (χ0v) is 11.6. The highest BCUT2D eigenvalue weighted by Crippen LogP contribution is 2.29. The fourth-order valence-corrected chi connectivity index (χ4v) is 2.29. The van der Waals surface area contributed by atoms with E-state index in [1.54, 1.807) is 12.3 Å². The van der Waals surface area contributed by atoms with E-state index >= 15 is 0 Å². The van der Waals surface area contributed by atoms with Crippen molar-refractivity contribution in [3.05, 3.63) is 52.0 Å². The van der Waals surface area contributed by atoms with Crippen molar-refractivity contribution in [2.75, 3.05) is 5.32 Å². The highest BCUT2D eigenvalue weighted by atomic mass is 35.5. The fraction of sp³-hybridized carbons (Fsp3) is 0.231. The maximum atomic E-state index is 6.09. The summed E-state index contributed by atoms with van der Waals surface area (Å²) in [4.78, 5) is 8.13. The summed E-state index contributed by atoms with van der Waals surface area (Å²) in [5, 5.41) is 4.11. The maximum Gasteiger partial charge on any atom is 0.154 e. The molecule has 0 amide bonds. The van der Waals surface area contributed by atoms with Gasteiger partial charge in [0.2, 0.25) is 0 Å². The second-order valence-corrected chi connectivity index (χ2v) is 4.83. The van der Waals surface area contributed by atoms with Crippen LogP contribution in [0.15, 0.2) is 30.6 Å². The molecule has 0 aliphatic heterocycles. The molecule has 0 saturated heterocycles. The number of hydrogen-bond acceptors (Lipinski definition) is 3. The molecule has 0 spiro atoms. The van der Waals surface area contributed by atoms with Crippen molar-refractivity contribution in [3.8, 4) is 0 Å². The lowest BCUT2D eigenvalue weighted by Crippen LogP contribution is -2.09. The molecule has 2 heterocycles. The number of nitrogens with zero attached hydrogens (tertiary/aromatic N) is 2. The van der Waals surface area contributed by atoms with Crippen LogP contribution in [-0.4, -0.2) is 9.97 Å². The van der Waals surface area contributed by atoms with Gasteiger partial charge >= 0.3 is 0 Å². The highest BCUT2D eigenvalue weighted by molar-refractivity contribution is 6.34. The summed E-state index contributed by atoms with van der Waals surface area (Å²) in [5.74, 6) is 0. The Balaban J connectivity index is 2.25. The van der Waals surface area contributed by atoms with Crippen LogP contribution < -0.4 is 5.32 Å². The first kappa shape index (κ1) is 13.1. The van der Waals surface area contributed by atoms with E-state index in [4.69, 9.17) is 23.2 Å². The van der Waals surface area contributed by atoms with E-state index in [0.717, 1.165) is 16.8 Å². The highest BCUT2D eigenvalue weighted by Gasteiger charge is 2.11. The lowest BCUT2D eigenvalue weighted by Gasteiger charge is -2.18. The van der Waals surface area contributed by atoms with Crippen molar-refractivity contribution < 1.29 is 0 Å². The number of rotatable bonds is 3. The Bertz CT molecular complexity index is 520. The van der Waals surface area contributed by atoms with Gasteiger partial charge < -0.3 is 5.32 Å². The van der Waals surface area contributed by atoms with Crippen LogP contribution in [0.3, 0.4) is 0 Å². The molecule has 18 heavy (non-hydrogen) atoms. The van der Waals surface area contributed by atoms with Gasteiger partial charge in [-0.25, -0.2) is 4.98 Å². The van der Waals surface area contributed by atoms with Gasteiger partial charge in [0.25, 0.3) is 0 Å². The van der Waals surface area contributed by atoms with E-state index in [0.29, 0.717) is 10.3 Å². The predicted molar refractivity (Wildman–Crippen MR) is 75.3 cm³/mol. The minimum atomic E-state index is 0.0953. The zero-order chi connectivity index (χ0) is 13.1. The Morgan fingerprint density at radius 2 is 2.11 bits per heavy atom. The molecule has 5 heteroatoms. The molecule has 2 rings (SSSR count). The molecule has 0 aromatic carbocycles. The second kappa shape index (κ2) is 5.55. The van der Waals surface area contributed by atoms with Crippen molar-refractivity contribution >= 4 is 28.9 Å². The molecule has 3 nitrogen and oxygen atoms in total. The Morgan fingerprint density at radius 1 is 1.33 bits per heavy atom. The van der Waals surface area contributed by atoms with Crippen molar-refractivity contribution in [3.63, 3.8) is 0 Å². The first-order valence-electron chi connectivity index (χ1n) is 5.57. The van der Waals surface area contributed by atoms with Gasteiger partial charge in [0, 0.05) is 12.4 Å². The predicted octanol–water partition coefficient (Wildman–Crippen LogP) is 4.26. The molecule has 0 bridgehead atoms. The normalized spacial score (nSPS) is 12.2. The first-order valence-corrected chi connectivity index (χ1v) is 6.32. The van der Waals surface area contributed by atoms with E-state index in [-0.39, 0.29) is 6.04 Å². The Kier molecular flexibility index (Phi) is 4.04. The lowest BCUT2D eigenvalue weighted by atomic mass is 10.1. The Hall–Kier alpha value is -1.32. The van der Waals surface area contributed by atoms with Crippen LogP contribution in [0, 0.1) is 6.92 Å². The van der Waals surface area contributed by atoms with Crippen LogP contribution in [0.4, 0.5) is 5.69 Å². The van der Waals surface area contributed by atoms with Gasteiger partial charge in [0.1, 0.15) is 5.15 Å². The van der Waals surface area contributed by atoms with Gasteiger partial charge in [0.15, 0.2) is 5.15 Å². The number of nitrogens with one attached hydrogen (secondary N) is 1. The van der Waals surface area contributed by atoms with Crippen molar-refractivity contribution in [2.45, 2.75) is 19.9 Å². The van der Waals surface area contributed by atoms with Crippen LogP contribution in [0.25, 0.3) is 0 Å². The van der Waals surface area contributed by atoms with Crippen molar-refractivity contribution in [1.29, 1.82) is 0 Å². The van der Waals surface area contributed by atoms with Crippen LogP contribution in [0.1, 0.15) is 24.1 Å². The molecule has 0 fully saturated rings. The minimum Gasteiger partial charge on any atom is -0.376 e. The van der Waals surface area contributed by atoms with Gasteiger partial charge in [-0.05, 0) is 37.1 Å². The minimum absolute atomic E-state index is 0.0953. The fourth-order valence-electron chi connectivity index (χ4n) is 1.70. The summed E-state index contributed by atoms with van der Waals surface area (Å²) < 4.78 is 0. The number of aromatic nitrogens is 2. The summed E-state index contributed by atoms with van der Waals surface area (Å²) >= 11 is 11.9. The third kappa shape index (κ3) is 2.92. The van der Waals surface area contributed by atoms with Crippen LogP contribution >= 0.6 is 23.2 Å². The van der Waals surface area contributed by atoms with E-state index in [9.17, 15) is 0 Å². The van der Waals surface area contributed by atoms with Crippen LogP contribution in [0.5, 0.6) is 0 Å². The molecule has 1 N–H and O–H groups in total. The summed E-state index contributed by atoms with van der Waals surface area (Å²) in [6.45, 7) is 3.99. The summed E-state index contributed by atoms with van der Waals surface area (Å²) in [5.41, 5.74) is 2.86. The van der Waals surface area contributed by atoms with Crippen LogP contribution in [0.2, 0.25) is 10.3 Å². The molecule has 1 unspecified atom stereocenters. The van der Waals surface area contributed by atoms with Gasteiger partial charge in [0.05, 0.1) is 11.7 Å². The second-order valence-electron chi connectivity index (χ2n) is 4.08. The molecular weight excluding hydrogens is 269 g/mol. The van der Waals surface area contributed by atoms with E-state index in [1.807, 2.05) is 32.2 Å². The molecule has 0 saturated carbocycles. The van der Waals surface area contributed by atoms with Gasteiger partial charge in [-0.2, -0.15) is 0 Å². The molecule has 0 aliphatic carbocycles. The average molecular weight is 282 g/mol. The molecule has 94 valence electrons. The third-order valence-corrected chi connectivity index (χ3v) is 3.15. The largest absolute Gasteiger partial charge is 0.376 e. The van der Waals surface area contributed by atoms with Gasteiger partial charge in [-0.1, -0.05) is 29.3 Å². The molecule has 1 atom stereocenters. The number of pyridine rings is 2. The smallest absolute Gasteiger partial charge is 0.154 e. The molecular formula is C13H13Cl2N3. The van der Waals surface area contributed by atoms with E-state index < -0.39 is 0 Å². The van der Waals surface area contributed by atoms with Crippen molar-refractivity contribution in [1.82, 2.24) is 9.97 Å². The molecule has 2 aromatic rings. The maximum absolute atomic E-state index is 6.09. The molecule has 0 radical (unpaired) electrons. The SMILES string of the molecule is Cc1cc(Cl)nc(Cl)c1NC(C)c1cccnc1. The Morgan fingerprint density at radius 3 is 2.72 bits per heavy atom. The van der Waals surface area contributed by atoms with Crippen LogP contribution in [-0.2, 0) is 0 Å². The monoisotopic (exact) mass is 281 g/mol. The standard InChI is InChI=1S/C13H13Cl2N3/c1-8-6-11(14)18-13(15)12(8)17-9(2)10-4-3-5-16-7-10/h3-7,9,17H,1-2H3. The van der Waals surface area contributed by atoms with E-state index in [1.165, 1.54) is 0 Å². The molecule has 0 aliphatic rings. The first-order chi connectivity index (χ1) is 8.58. The number of anilines is 1. The number of aryl methyl sites for hydroxylation is 1. The molecule has 2 aromatic heterocycles. The zero-order valence-electron chi connectivity index (χ0n) is 10.1. The van der Waals surface area contributed by atoms with Gasteiger partial charge in [-0.15, -0.1) is 0 Å². The van der Waals surface area contributed by atoms with E-state index in [2.05, 4.69) is 15.3 Å². The average Bonchev–Trinajstić information content (AvgIpc) is 2.34. The third-order valence-electron chi connectivity index (χ3n) is 2.69. The van der Waals surface area contributed by atoms with Crippen molar-refractivity contribution in [2.24, 2.45) is 0 Å². The quantitative estimate of drug-likeness (QED) is 0.854. The summed E-state index contributed by atoms with van der Waals surface area (Å²) in [6, 6.07) is 5.79. The van der Waals surface area contributed by atoms with Gasteiger partial charge in [-0.3, -0.25) is 4.98 Å². The topological polar surface area (TPSA) is 37.8 Å². The Labute approximate surface area is 116 Å². The summed E-state index contributed by atoms with van der Waals surface area (Å²) in [6.07, 6.45) is 3.57. The number of halogens is 2. The number of hydrogen-bond donors (Lipinski definition) is 1. The lowest BCUT2D eigenvalue weighted by molar-refractivity contribution is 0.872. The summed E-state index contributed by atoms with van der Waals surface area (Å²) in [7, 11) is 0.